The van der Waals surface area contributed by atoms with Crippen molar-refractivity contribution < 1.29 is 14.1 Å². The Morgan fingerprint density at radius 1 is 1.23 bits per heavy atom. The van der Waals surface area contributed by atoms with Gasteiger partial charge in [-0.05, 0) is 37.1 Å². The highest BCUT2D eigenvalue weighted by Gasteiger charge is 2.21. The summed E-state index contributed by atoms with van der Waals surface area (Å²) in [4.78, 5) is 16.4. The summed E-state index contributed by atoms with van der Waals surface area (Å²) < 4.78 is 10.6. The van der Waals surface area contributed by atoms with Gasteiger partial charge in [-0.15, -0.1) is 12.4 Å². The Bertz CT molecular complexity index is 684. The van der Waals surface area contributed by atoms with Crippen LogP contribution < -0.4 is 15.8 Å². The minimum absolute atomic E-state index is 0. The van der Waals surface area contributed by atoms with Gasteiger partial charge in [0.25, 0.3) is 5.91 Å². The number of nitrogens with zero attached hydrogens (tertiary/aromatic N) is 2. The molecule has 0 unspecified atom stereocenters. The van der Waals surface area contributed by atoms with Crippen LogP contribution >= 0.6 is 12.4 Å². The number of nitrogens with one attached hydrogen (secondary N) is 1. The van der Waals surface area contributed by atoms with Crippen LogP contribution in [0.5, 0.6) is 5.75 Å². The van der Waals surface area contributed by atoms with E-state index in [2.05, 4.69) is 15.5 Å². The predicted molar refractivity (Wildman–Crippen MR) is 102 cm³/mol. The quantitative estimate of drug-likeness (QED) is 0.691. The van der Waals surface area contributed by atoms with Crippen LogP contribution in [0, 0.1) is 0 Å². The van der Waals surface area contributed by atoms with Crippen LogP contribution in [0.1, 0.15) is 55.7 Å². The molecule has 26 heavy (non-hydrogen) atoms. The van der Waals surface area contributed by atoms with E-state index in [1.165, 1.54) is 0 Å². The second-order valence-corrected chi connectivity index (χ2v) is 6.02. The maximum atomic E-state index is 12.2. The molecule has 0 aliphatic rings. The van der Waals surface area contributed by atoms with E-state index in [1.807, 2.05) is 20.8 Å². The molecule has 144 valence electrons. The lowest BCUT2D eigenvalue weighted by atomic mass is 9.94. The zero-order chi connectivity index (χ0) is 18.3. The smallest absolute Gasteiger partial charge is 0.251 e. The molecular weight excluding hydrogens is 356 g/mol. The van der Waals surface area contributed by atoms with Gasteiger partial charge in [0.05, 0.1) is 0 Å². The number of rotatable bonds is 9. The number of aromatic nitrogens is 2. The van der Waals surface area contributed by atoms with Crippen LogP contribution in [0.4, 0.5) is 0 Å². The van der Waals surface area contributed by atoms with Gasteiger partial charge >= 0.3 is 0 Å². The molecule has 0 fully saturated rings. The highest BCUT2D eigenvalue weighted by Crippen LogP contribution is 2.14. The first-order valence-electron chi connectivity index (χ1n) is 8.61. The van der Waals surface area contributed by atoms with Gasteiger partial charge in [-0.3, -0.25) is 4.79 Å². The lowest BCUT2D eigenvalue weighted by Gasteiger charge is -2.26. The molecule has 1 aromatic carbocycles. The van der Waals surface area contributed by atoms with Crippen molar-refractivity contribution in [3.63, 3.8) is 0 Å². The maximum absolute atomic E-state index is 12.2. The normalized spacial score (nSPS) is 10.9. The van der Waals surface area contributed by atoms with Gasteiger partial charge in [0, 0.05) is 24.1 Å². The van der Waals surface area contributed by atoms with E-state index in [9.17, 15) is 4.79 Å². The SMILES string of the molecule is CCc1nc(COc2ccc(C(=O)NCC(N)(CC)CC)cc2)no1.Cl. The van der Waals surface area contributed by atoms with Crippen molar-refractivity contribution >= 4 is 18.3 Å². The number of carbonyl (C=O) groups is 1. The summed E-state index contributed by atoms with van der Waals surface area (Å²) in [5.41, 5.74) is 6.40. The van der Waals surface area contributed by atoms with Crippen LogP contribution in [-0.2, 0) is 13.0 Å². The molecular formula is C18H27ClN4O3. The summed E-state index contributed by atoms with van der Waals surface area (Å²) in [6.07, 6.45) is 2.32. The minimum atomic E-state index is -0.360. The molecule has 3 N–H and O–H groups in total. The summed E-state index contributed by atoms with van der Waals surface area (Å²) in [5.74, 6) is 1.57. The molecule has 1 heterocycles. The first-order valence-corrected chi connectivity index (χ1v) is 8.61. The summed E-state index contributed by atoms with van der Waals surface area (Å²) in [7, 11) is 0. The fraction of sp³-hybridized carbons (Fsp3) is 0.500. The summed E-state index contributed by atoms with van der Waals surface area (Å²) in [6, 6.07) is 6.92. The van der Waals surface area contributed by atoms with Crippen LogP contribution in [0.15, 0.2) is 28.8 Å². The molecule has 2 rings (SSSR count). The molecule has 0 saturated heterocycles. The highest BCUT2D eigenvalue weighted by atomic mass is 35.5. The van der Waals surface area contributed by atoms with Crippen molar-refractivity contribution in [1.82, 2.24) is 15.5 Å². The molecule has 0 bridgehead atoms. The van der Waals surface area contributed by atoms with Gasteiger partial charge in [-0.1, -0.05) is 25.9 Å². The topological polar surface area (TPSA) is 103 Å². The second kappa shape index (κ2) is 10.1. The third kappa shape index (κ3) is 6.00. The summed E-state index contributed by atoms with van der Waals surface area (Å²) in [6.45, 7) is 6.66. The Kier molecular flexibility index (Phi) is 8.54. The molecule has 0 atom stereocenters. The van der Waals surface area contributed by atoms with Crippen molar-refractivity contribution in [1.29, 1.82) is 0 Å². The fourth-order valence-electron chi connectivity index (χ4n) is 2.20. The molecule has 0 aliphatic heterocycles. The molecule has 8 heteroatoms. The first-order chi connectivity index (χ1) is 12.0. The Morgan fingerprint density at radius 2 is 1.88 bits per heavy atom. The average molecular weight is 383 g/mol. The van der Waals surface area contributed by atoms with E-state index < -0.39 is 0 Å². The number of benzene rings is 1. The van der Waals surface area contributed by atoms with E-state index in [4.69, 9.17) is 15.0 Å². The number of aryl methyl sites for hydroxylation is 1. The highest BCUT2D eigenvalue weighted by molar-refractivity contribution is 5.94. The number of ether oxygens (including phenoxy) is 1. The number of hydrogen-bond acceptors (Lipinski definition) is 6. The lowest BCUT2D eigenvalue weighted by Crippen LogP contribution is -2.49. The van der Waals surface area contributed by atoms with Crippen LogP contribution in [0.3, 0.4) is 0 Å². The molecule has 0 aliphatic carbocycles. The van der Waals surface area contributed by atoms with Crippen molar-refractivity contribution in [2.45, 2.75) is 52.2 Å². The molecule has 7 nitrogen and oxygen atoms in total. The molecule has 0 saturated carbocycles. The average Bonchev–Trinajstić information content (AvgIpc) is 3.12. The van der Waals surface area contributed by atoms with Crippen molar-refractivity contribution in [3.05, 3.63) is 41.5 Å². The minimum Gasteiger partial charge on any atom is -0.485 e. The van der Waals surface area contributed by atoms with Gasteiger partial charge in [0.1, 0.15) is 5.75 Å². The second-order valence-electron chi connectivity index (χ2n) is 6.02. The summed E-state index contributed by atoms with van der Waals surface area (Å²) >= 11 is 0. The maximum Gasteiger partial charge on any atom is 0.251 e. The zero-order valence-electron chi connectivity index (χ0n) is 15.4. The van der Waals surface area contributed by atoms with Gasteiger partial charge < -0.3 is 20.3 Å². The Balaban J connectivity index is 0.00000338. The first kappa shape index (κ1) is 21.9. The lowest BCUT2D eigenvalue weighted by molar-refractivity contribution is 0.0942. The van der Waals surface area contributed by atoms with Crippen molar-refractivity contribution in [3.8, 4) is 5.75 Å². The van der Waals surface area contributed by atoms with Gasteiger partial charge in [-0.2, -0.15) is 4.98 Å². The Hall–Kier alpha value is -2.12. The van der Waals surface area contributed by atoms with Crippen molar-refractivity contribution in [2.75, 3.05) is 6.54 Å². The van der Waals surface area contributed by atoms with Crippen molar-refractivity contribution in [2.24, 2.45) is 5.73 Å². The third-order valence-corrected chi connectivity index (χ3v) is 4.31. The molecule has 2 aromatic rings. The number of hydrogen-bond donors (Lipinski definition) is 2. The molecule has 0 spiro atoms. The van der Waals surface area contributed by atoms with E-state index in [-0.39, 0.29) is 30.5 Å². The van der Waals surface area contributed by atoms with Gasteiger partial charge in [-0.25, -0.2) is 0 Å². The van der Waals surface area contributed by atoms with E-state index in [0.717, 1.165) is 12.8 Å². The summed E-state index contributed by atoms with van der Waals surface area (Å²) in [5, 5.41) is 6.71. The van der Waals surface area contributed by atoms with Crippen LogP contribution in [0.2, 0.25) is 0 Å². The fourth-order valence-corrected chi connectivity index (χ4v) is 2.20. The standard InChI is InChI=1S/C18H26N4O3.ClH/c1-4-16-21-15(22-25-16)11-24-14-9-7-13(8-10-14)17(23)20-12-18(19,5-2)6-3;/h7-10H,4-6,11-12,19H2,1-3H3,(H,20,23);1H. The predicted octanol–water partition coefficient (Wildman–Crippen LogP) is 2.88. The van der Waals surface area contributed by atoms with Gasteiger partial charge in [0.2, 0.25) is 11.7 Å². The zero-order valence-corrected chi connectivity index (χ0v) is 16.3. The van der Waals surface area contributed by atoms with Gasteiger partial charge in [0.15, 0.2) is 6.61 Å². The van der Waals surface area contributed by atoms with E-state index in [0.29, 0.717) is 36.0 Å². The number of amides is 1. The monoisotopic (exact) mass is 382 g/mol. The molecule has 1 amide bonds. The van der Waals surface area contributed by atoms with Crippen LogP contribution in [-0.4, -0.2) is 28.1 Å². The van der Waals surface area contributed by atoms with Crippen LogP contribution in [0.25, 0.3) is 0 Å². The van der Waals surface area contributed by atoms with E-state index in [1.54, 1.807) is 24.3 Å². The Morgan fingerprint density at radius 3 is 2.42 bits per heavy atom. The largest absolute Gasteiger partial charge is 0.485 e. The molecule has 1 aromatic heterocycles. The number of carbonyl (C=O) groups excluding carboxylic acids is 1. The third-order valence-electron chi connectivity index (χ3n) is 4.31. The number of halogens is 1. The number of nitrogens with two attached hydrogens (primary N) is 1. The molecule has 0 radical (unpaired) electrons. The van der Waals surface area contributed by atoms with E-state index >= 15 is 0 Å². The Labute approximate surface area is 160 Å².